The van der Waals surface area contributed by atoms with Gasteiger partial charge < -0.3 is 9.47 Å². The summed E-state index contributed by atoms with van der Waals surface area (Å²) in [6, 6.07) is 28.9. The van der Waals surface area contributed by atoms with Gasteiger partial charge in [0, 0.05) is 5.56 Å². The highest BCUT2D eigenvalue weighted by atomic mass is 16.5. The molecular weight excluding hydrogens is 430 g/mol. The minimum atomic E-state index is -1.20. The number of hydrazine groups is 1. The number of hydrogen-bond acceptors (Lipinski definition) is 7. The van der Waals surface area contributed by atoms with Crippen molar-refractivity contribution >= 4 is 23.3 Å². The van der Waals surface area contributed by atoms with E-state index in [0.29, 0.717) is 5.71 Å². The summed E-state index contributed by atoms with van der Waals surface area (Å²) >= 11 is 0. The maximum Gasteiger partial charge on any atom is 0.337 e. The van der Waals surface area contributed by atoms with Gasteiger partial charge in [0.15, 0.2) is 0 Å². The molecule has 2 aliphatic heterocycles. The molecule has 3 aromatic rings. The van der Waals surface area contributed by atoms with Crippen LogP contribution in [0.1, 0.15) is 11.1 Å². The number of anilines is 1. The Hall–Kier alpha value is -4.23. The molecule has 0 saturated carbocycles. The standard InChI is InChI=1S/C27H23N3O4/c1-33-25(31)22-18-29-27(23(22)26(32)34-2,20-14-8-4-9-15-20)24(19-12-6-3-7-13-19)28-30(29)21-16-10-5-11-17-21/h3-17H,18H2,1-2H3. The van der Waals surface area contributed by atoms with Crippen molar-refractivity contribution in [2.45, 2.75) is 5.54 Å². The summed E-state index contributed by atoms with van der Waals surface area (Å²) in [4.78, 5) is 26.4. The van der Waals surface area contributed by atoms with Gasteiger partial charge in [-0.1, -0.05) is 78.9 Å². The van der Waals surface area contributed by atoms with Crippen LogP contribution in [0.25, 0.3) is 0 Å². The molecular formula is C27H23N3O4. The first-order chi connectivity index (χ1) is 16.6. The average molecular weight is 453 g/mol. The van der Waals surface area contributed by atoms with Crippen LogP contribution in [-0.4, -0.2) is 43.4 Å². The van der Waals surface area contributed by atoms with Crippen molar-refractivity contribution in [3.63, 3.8) is 0 Å². The Balaban J connectivity index is 1.87. The van der Waals surface area contributed by atoms with Gasteiger partial charge in [-0.15, -0.1) is 0 Å². The number of hydrogen-bond donors (Lipinski definition) is 0. The second-order valence-electron chi connectivity index (χ2n) is 7.91. The van der Waals surface area contributed by atoms with Gasteiger partial charge in [0.25, 0.3) is 0 Å². The molecule has 0 radical (unpaired) electrons. The summed E-state index contributed by atoms with van der Waals surface area (Å²) < 4.78 is 10.3. The van der Waals surface area contributed by atoms with E-state index in [9.17, 15) is 9.59 Å². The summed E-state index contributed by atoms with van der Waals surface area (Å²) in [5.74, 6) is -1.18. The molecule has 0 spiro atoms. The lowest BCUT2D eigenvalue weighted by atomic mass is 9.76. The highest BCUT2D eigenvalue weighted by molar-refractivity contribution is 6.19. The molecule has 2 heterocycles. The summed E-state index contributed by atoms with van der Waals surface area (Å²) in [6.07, 6.45) is 0. The maximum absolute atomic E-state index is 13.4. The second-order valence-corrected chi connectivity index (χ2v) is 7.91. The fourth-order valence-corrected chi connectivity index (χ4v) is 4.76. The van der Waals surface area contributed by atoms with Crippen LogP contribution in [0.5, 0.6) is 0 Å². The highest BCUT2D eigenvalue weighted by Gasteiger charge is 2.62. The minimum Gasteiger partial charge on any atom is -0.466 e. The van der Waals surface area contributed by atoms with Gasteiger partial charge in [-0.3, -0.25) is 0 Å². The Bertz CT molecular complexity index is 1290. The summed E-state index contributed by atoms with van der Waals surface area (Å²) in [5.41, 5.74) is 2.26. The fourth-order valence-electron chi connectivity index (χ4n) is 4.76. The topological polar surface area (TPSA) is 71.4 Å². The number of esters is 2. The third kappa shape index (κ3) is 3.13. The van der Waals surface area contributed by atoms with Crippen molar-refractivity contribution in [3.8, 4) is 0 Å². The predicted molar refractivity (Wildman–Crippen MR) is 128 cm³/mol. The van der Waals surface area contributed by atoms with Crippen molar-refractivity contribution < 1.29 is 19.1 Å². The first-order valence-corrected chi connectivity index (χ1v) is 10.9. The lowest BCUT2D eigenvalue weighted by Gasteiger charge is -2.38. The Morgan fingerprint density at radius 1 is 0.794 bits per heavy atom. The lowest BCUT2D eigenvalue weighted by Crippen LogP contribution is -2.51. The highest BCUT2D eigenvalue weighted by Crippen LogP contribution is 2.51. The number of fused-ring (bicyclic) bond motifs is 1. The Morgan fingerprint density at radius 3 is 1.94 bits per heavy atom. The number of carbonyl (C=O) groups is 2. The first kappa shape index (κ1) is 21.6. The van der Waals surface area contributed by atoms with Crippen molar-refractivity contribution in [3.05, 3.63) is 113 Å². The molecule has 170 valence electrons. The van der Waals surface area contributed by atoms with Crippen molar-refractivity contribution in [2.75, 3.05) is 25.9 Å². The SMILES string of the molecule is COC(=O)C1=C(C(=O)OC)C2(c3ccccc3)C(c3ccccc3)=NN(c3ccccc3)N2C1. The van der Waals surface area contributed by atoms with Crippen LogP contribution in [0.15, 0.2) is 107 Å². The van der Waals surface area contributed by atoms with E-state index in [4.69, 9.17) is 14.6 Å². The van der Waals surface area contributed by atoms with E-state index in [1.54, 1.807) is 5.12 Å². The van der Waals surface area contributed by atoms with Gasteiger partial charge >= 0.3 is 11.9 Å². The van der Waals surface area contributed by atoms with Gasteiger partial charge in [-0.2, -0.15) is 15.2 Å². The Morgan fingerprint density at radius 2 is 1.35 bits per heavy atom. The third-order valence-electron chi connectivity index (χ3n) is 6.17. The van der Waals surface area contributed by atoms with Crippen LogP contribution < -0.4 is 5.12 Å². The molecule has 0 amide bonds. The zero-order valence-corrected chi connectivity index (χ0v) is 18.8. The molecule has 0 bridgehead atoms. The zero-order chi connectivity index (χ0) is 23.7. The largest absolute Gasteiger partial charge is 0.466 e. The molecule has 1 unspecified atom stereocenters. The molecule has 0 aromatic heterocycles. The number of ether oxygens (including phenoxy) is 2. The van der Waals surface area contributed by atoms with E-state index in [-0.39, 0.29) is 17.7 Å². The van der Waals surface area contributed by atoms with E-state index < -0.39 is 17.5 Å². The molecule has 2 aliphatic rings. The first-order valence-electron chi connectivity index (χ1n) is 10.9. The van der Waals surface area contributed by atoms with E-state index in [1.807, 2.05) is 96.0 Å². The quantitative estimate of drug-likeness (QED) is 0.549. The van der Waals surface area contributed by atoms with E-state index in [0.717, 1.165) is 16.8 Å². The van der Waals surface area contributed by atoms with Crippen LogP contribution in [-0.2, 0) is 24.6 Å². The van der Waals surface area contributed by atoms with Crippen LogP contribution >= 0.6 is 0 Å². The average Bonchev–Trinajstić information content (AvgIpc) is 3.43. The minimum absolute atomic E-state index is 0.112. The molecule has 3 aromatic carbocycles. The van der Waals surface area contributed by atoms with Gasteiger partial charge in [0.1, 0.15) is 11.3 Å². The van der Waals surface area contributed by atoms with Crippen LogP contribution in [0.3, 0.4) is 0 Å². The summed E-state index contributed by atoms with van der Waals surface area (Å²) in [6.45, 7) is 0.112. The molecule has 34 heavy (non-hydrogen) atoms. The third-order valence-corrected chi connectivity index (χ3v) is 6.17. The van der Waals surface area contributed by atoms with E-state index >= 15 is 0 Å². The van der Waals surface area contributed by atoms with Gasteiger partial charge in [-0.25, -0.2) is 9.59 Å². The normalized spacial score (nSPS) is 19.6. The molecule has 0 aliphatic carbocycles. The van der Waals surface area contributed by atoms with Crippen molar-refractivity contribution in [1.82, 2.24) is 5.01 Å². The van der Waals surface area contributed by atoms with Crippen molar-refractivity contribution in [2.24, 2.45) is 5.10 Å². The summed E-state index contributed by atoms with van der Waals surface area (Å²) in [5, 5.41) is 8.72. The number of nitrogens with zero attached hydrogens (tertiary/aromatic N) is 3. The monoisotopic (exact) mass is 453 g/mol. The number of para-hydroxylation sites is 1. The van der Waals surface area contributed by atoms with E-state index in [1.165, 1.54) is 14.2 Å². The van der Waals surface area contributed by atoms with Gasteiger partial charge in [-0.05, 0) is 17.7 Å². The van der Waals surface area contributed by atoms with Crippen LogP contribution in [0.4, 0.5) is 5.69 Å². The summed E-state index contributed by atoms with van der Waals surface area (Å²) in [7, 11) is 2.62. The molecule has 7 nitrogen and oxygen atoms in total. The fraction of sp³-hybridized carbons (Fsp3) is 0.148. The molecule has 0 fully saturated rings. The molecule has 0 saturated heterocycles. The molecule has 5 rings (SSSR count). The number of hydrazone groups is 1. The maximum atomic E-state index is 13.4. The zero-order valence-electron chi connectivity index (χ0n) is 18.8. The number of carbonyl (C=O) groups excluding carboxylic acids is 2. The van der Waals surface area contributed by atoms with Crippen LogP contribution in [0, 0.1) is 0 Å². The number of methoxy groups -OCH3 is 2. The van der Waals surface area contributed by atoms with Crippen LogP contribution in [0.2, 0.25) is 0 Å². The van der Waals surface area contributed by atoms with Gasteiger partial charge in [0.05, 0.1) is 37.6 Å². The van der Waals surface area contributed by atoms with Gasteiger partial charge in [0.2, 0.25) is 0 Å². The van der Waals surface area contributed by atoms with Crippen molar-refractivity contribution in [1.29, 1.82) is 0 Å². The lowest BCUT2D eigenvalue weighted by molar-refractivity contribution is -0.139. The molecule has 7 heteroatoms. The van der Waals surface area contributed by atoms with E-state index in [2.05, 4.69) is 0 Å². The molecule has 0 N–H and O–H groups in total. The number of benzene rings is 3. The molecule has 1 atom stereocenters. The Labute approximate surface area is 197 Å². The number of rotatable bonds is 5. The smallest absolute Gasteiger partial charge is 0.337 e. The Kier molecular flexibility index (Phi) is 5.47. The second kappa shape index (κ2) is 8.61. The predicted octanol–water partition coefficient (Wildman–Crippen LogP) is 3.68.